The molecule has 0 spiro atoms. The number of para-hydroxylation sites is 1. The molecule has 3 rings (SSSR count). The van der Waals surface area contributed by atoms with Crippen LogP contribution in [-0.4, -0.2) is 24.0 Å². The molecule has 1 aliphatic rings. The molecule has 0 N–H and O–H groups in total. The molecule has 108 valence electrons. The van der Waals surface area contributed by atoms with Crippen LogP contribution in [0.25, 0.3) is 0 Å². The van der Waals surface area contributed by atoms with Gasteiger partial charge in [-0.15, -0.1) is 0 Å². The Balaban J connectivity index is 1.92. The van der Waals surface area contributed by atoms with Crippen molar-refractivity contribution in [2.75, 3.05) is 12.0 Å². The Hall–Kier alpha value is -1.99. The fourth-order valence-electron chi connectivity index (χ4n) is 2.27. The average Bonchev–Trinajstić information content (AvgIpc) is 3.00. The van der Waals surface area contributed by atoms with Crippen molar-refractivity contribution in [1.82, 2.24) is 5.16 Å². The first kappa shape index (κ1) is 14.0. The standard InChI is InChI=1S/C14H11BrN2O4/c1-20-7-9-5-8(16-21-9)6-17-12-10(13(18)14(17)19)3-2-4-11(12)15/h2-5H,6-7H2,1H3. The maximum absolute atomic E-state index is 12.1. The summed E-state index contributed by atoms with van der Waals surface area (Å²) in [5, 5.41) is 3.88. The number of halogens is 1. The summed E-state index contributed by atoms with van der Waals surface area (Å²) in [5.41, 5.74) is 1.53. The van der Waals surface area contributed by atoms with Gasteiger partial charge in [-0.05, 0) is 28.1 Å². The number of rotatable bonds is 4. The lowest BCUT2D eigenvalue weighted by Crippen LogP contribution is -2.29. The van der Waals surface area contributed by atoms with Crippen LogP contribution >= 0.6 is 15.9 Å². The number of hydrogen-bond donors (Lipinski definition) is 0. The van der Waals surface area contributed by atoms with Crippen LogP contribution in [0, 0.1) is 0 Å². The lowest BCUT2D eigenvalue weighted by atomic mass is 10.1. The number of Topliss-reactive ketones (excluding diaryl/α,β-unsaturated/α-hetero) is 1. The van der Waals surface area contributed by atoms with E-state index < -0.39 is 11.7 Å². The minimum absolute atomic E-state index is 0.174. The molecule has 0 fully saturated rings. The highest BCUT2D eigenvalue weighted by atomic mass is 79.9. The maximum atomic E-state index is 12.1. The van der Waals surface area contributed by atoms with E-state index in [0.717, 1.165) is 0 Å². The van der Waals surface area contributed by atoms with Crippen molar-refractivity contribution in [1.29, 1.82) is 0 Å². The van der Waals surface area contributed by atoms with Crippen molar-refractivity contribution in [3.8, 4) is 0 Å². The van der Waals surface area contributed by atoms with Crippen molar-refractivity contribution in [2.45, 2.75) is 13.2 Å². The van der Waals surface area contributed by atoms with Gasteiger partial charge in [0.25, 0.3) is 11.7 Å². The number of aromatic nitrogens is 1. The highest BCUT2D eigenvalue weighted by Gasteiger charge is 2.37. The van der Waals surface area contributed by atoms with Gasteiger partial charge in [-0.25, -0.2) is 0 Å². The van der Waals surface area contributed by atoms with Crippen molar-refractivity contribution >= 4 is 33.3 Å². The van der Waals surface area contributed by atoms with Crippen molar-refractivity contribution in [3.63, 3.8) is 0 Å². The summed E-state index contributed by atoms with van der Waals surface area (Å²) in [5.74, 6) is -0.502. The monoisotopic (exact) mass is 350 g/mol. The van der Waals surface area contributed by atoms with Crippen LogP contribution in [0.3, 0.4) is 0 Å². The topological polar surface area (TPSA) is 72.6 Å². The number of benzene rings is 1. The van der Waals surface area contributed by atoms with Crippen molar-refractivity contribution < 1.29 is 18.8 Å². The largest absolute Gasteiger partial charge is 0.377 e. The van der Waals surface area contributed by atoms with Gasteiger partial charge in [0.1, 0.15) is 12.3 Å². The van der Waals surface area contributed by atoms with Crippen LogP contribution in [0.1, 0.15) is 21.8 Å². The van der Waals surface area contributed by atoms with Gasteiger partial charge in [-0.3, -0.25) is 14.5 Å². The SMILES string of the molecule is COCc1cc(CN2C(=O)C(=O)c3cccc(Br)c32)no1. The normalized spacial score (nSPS) is 13.9. The van der Waals surface area contributed by atoms with Gasteiger partial charge in [-0.2, -0.15) is 0 Å². The van der Waals surface area contributed by atoms with Crippen LogP contribution in [0.15, 0.2) is 33.3 Å². The van der Waals surface area contributed by atoms with Crippen LogP contribution < -0.4 is 4.90 Å². The Bertz CT molecular complexity index is 726. The number of methoxy groups -OCH3 is 1. The Kier molecular flexibility index (Phi) is 3.60. The quantitative estimate of drug-likeness (QED) is 0.791. The number of fused-ring (bicyclic) bond motifs is 1. The first-order valence-electron chi connectivity index (χ1n) is 6.20. The second-order valence-corrected chi connectivity index (χ2v) is 5.43. The zero-order valence-electron chi connectivity index (χ0n) is 11.1. The molecular weight excluding hydrogens is 340 g/mol. The van der Waals surface area contributed by atoms with Crippen molar-refractivity contribution in [3.05, 3.63) is 45.8 Å². The van der Waals surface area contributed by atoms with Crippen LogP contribution in [0.2, 0.25) is 0 Å². The number of anilines is 1. The molecular formula is C14H11BrN2O4. The molecule has 0 bridgehead atoms. The zero-order chi connectivity index (χ0) is 15.0. The third-order valence-corrected chi connectivity index (χ3v) is 3.80. The minimum Gasteiger partial charge on any atom is -0.377 e. The number of ether oxygens (including phenoxy) is 1. The lowest BCUT2D eigenvalue weighted by molar-refractivity contribution is -0.114. The van der Waals surface area contributed by atoms with Gasteiger partial charge in [0.15, 0.2) is 5.76 Å². The Morgan fingerprint density at radius 1 is 1.38 bits per heavy atom. The molecule has 0 saturated heterocycles. The summed E-state index contributed by atoms with van der Waals surface area (Å²) in [6.07, 6.45) is 0. The fourth-order valence-corrected chi connectivity index (χ4v) is 2.85. The zero-order valence-corrected chi connectivity index (χ0v) is 12.7. The number of carbonyl (C=O) groups is 2. The molecule has 0 saturated carbocycles. The molecule has 0 radical (unpaired) electrons. The predicted molar refractivity (Wildman–Crippen MR) is 76.9 cm³/mol. The summed E-state index contributed by atoms with van der Waals surface area (Å²) in [4.78, 5) is 25.5. The molecule has 2 heterocycles. The van der Waals surface area contributed by atoms with Crippen LogP contribution in [-0.2, 0) is 22.7 Å². The molecule has 2 aromatic rings. The molecule has 1 amide bonds. The summed E-state index contributed by atoms with van der Waals surface area (Å²) in [6, 6.07) is 6.86. The van der Waals surface area contributed by atoms with E-state index in [1.807, 2.05) is 0 Å². The van der Waals surface area contributed by atoms with Crippen molar-refractivity contribution in [2.24, 2.45) is 0 Å². The third kappa shape index (κ3) is 2.38. The van der Waals surface area contributed by atoms with Crippen LogP contribution in [0.5, 0.6) is 0 Å². The summed E-state index contributed by atoms with van der Waals surface area (Å²) in [6.45, 7) is 0.480. The second-order valence-electron chi connectivity index (χ2n) is 4.57. The molecule has 6 nitrogen and oxygen atoms in total. The number of hydrogen-bond acceptors (Lipinski definition) is 5. The van der Waals surface area contributed by atoms with E-state index >= 15 is 0 Å². The second kappa shape index (κ2) is 5.42. The Morgan fingerprint density at radius 2 is 2.19 bits per heavy atom. The fraction of sp³-hybridized carbons (Fsp3) is 0.214. The molecule has 7 heteroatoms. The molecule has 0 unspecified atom stereocenters. The van der Waals surface area contributed by atoms with E-state index in [9.17, 15) is 9.59 Å². The number of nitrogens with zero attached hydrogens (tertiary/aromatic N) is 2. The van der Waals surface area contributed by atoms with E-state index in [2.05, 4.69) is 21.1 Å². The molecule has 1 aromatic heterocycles. The predicted octanol–water partition coefficient (Wildman–Crippen LogP) is 2.31. The highest BCUT2D eigenvalue weighted by Crippen LogP contribution is 2.36. The highest BCUT2D eigenvalue weighted by molar-refractivity contribution is 9.10. The summed E-state index contributed by atoms with van der Waals surface area (Å²) in [7, 11) is 1.55. The van der Waals surface area contributed by atoms with E-state index in [1.165, 1.54) is 4.90 Å². The third-order valence-electron chi connectivity index (χ3n) is 3.16. The number of ketones is 1. The number of amides is 1. The van der Waals surface area contributed by atoms with Gasteiger partial charge < -0.3 is 9.26 Å². The smallest absolute Gasteiger partial charge is 0.299 e. The van der Waals surface area contributed by atoms with Gasteiger partial charge in [0.2, 0.25) is 0 Å². The van der Waals surface area contributed by atoms with E-state index in [0.29, 0.717) is 33.8 Å². The molecule has 1 aromatic carbocycles. The minimum atomic E-state index is -0.562. The van der Waals surface area contributed by atoms with Gasteiger partial charge in [0.05, 0.1) is 17.8 Å². The molecule has 0 aliphatic carbocycles. The first-order valence-corrected chi connectivity index (χ1v) is 6.99. The maximum Gasteiger partial charge on any atom is 0.299 e. The van der Waals surface area contributed by atoms with Gasteiger partial charge >= 0.3 is 0 Å². The molecule has 21 heavy (non-hydrogen) atoms. The molecule has 0 atom stereocenters. The first-order chi connectivity index (χ1) is 10.1. The van der Waals surface area contributed by atoms with E-state index in [4.69, 9.17) is 9.26 Å². The summed E-state index contributed by atoms with van der Waals surface area (Å²) >= 11 is 3.38. The molecule has 1 aliphatic heterocycles. The lowest BCUT2D eigenvalue weighted by Gasteiger charge is -2.15. The van der Waals surface area contributed by atoms with Crippen LogP contribution in [0.4, 0.5) is 5.69 Å². The van der Waals surface area contributed by atoms with E-state index in [1.54, 1.807) is 31.4 Å². The van der Waals surface area contributed by atoms with Gasteiger partial charge in [-0.1, -0.05) is 11.2 Å². The Morgan fingerprint density at radius 3 is 2.95 bits per heavy atom. The summed E-state index contributed by atoms with van der Waals surface area (Å²) < 4.78 is 10.7. The Labute approximate surface area is 128 Å². The average molecular weight is 351 g/mol. The van der Waals surface area contributed by atoms with Gasteiger partial charge in [0, 0.05) is 17.6 Å². The number of carbonyl (C=O) groups excluding carboxylic acids is 2. The van der Waals surface area contributed by atoms with E-state index in [-0.39, 0.29) is 6.54 Å².